The zero-order chi connectivity index (χ0) is 11.1. The van der Waals surface area contributed by atoms with Crippen molar-refractivity contribution in [2.45, 2.75) is 46.6 Å². The maximum Gasteiger partial charge on any atom is 0.0625 e. The Morgan fingerprint density at radius 2 is 2.00 bits per heavy atom. The number of hydrogen-bond donors (Lipinski definition) is 0. The Labute approximate surface area is 88.9 Å². The summed E-state index contributed by atoms with van der Waals surface area (Å²) in [4.78, 5) is 2.40. The summed E-state index contributed by atoms with van der Waals surface area (Å²) in [5, 5.41) is 8.57. The standard InChI is InChI=1S/C10H18N2.C2H6/c1-8(2)10-6-9(4-5-11)7-12(10)3;1-2/h8-10H,4,6-7H2,1-3H3;1-2H3. The van der Waals surface area contributed by atoms with E-state index < -0.39 is 0 Å². The van der Waals surface area contributed by atoms with Gasteiger partial charge in [-0.15, -0.1) is 0 Å². The average molecular weight is 196 g/mol. The molecule has 0 bridgehead atoms. The molecule has 0 radical (unpaired) electrons. The van der Waals surface area contributed by atoms with Gasteiger partial charge in [-0.2, -0.15) is 5.26 Å². The molecule has 2 atom stereocenters. The van der Waals surface area contributed by atoms with E-state index in [4.69, 9.17) is 5.26 Å². The molecular weight excluding hydrogens is 172 g/mol. The van der Waals surface area contributed by atoms with Gasteiger partial charge in [-0.05, 0) is 25.3 Å². The van der Waals surface area contributed by atoms with Gasteiger partial charge < -0.3 is 4.90 Å². The highest BCUT2D eigenvalue weighted by atomic mass is 15.2. The number of likely N-dealkylation sites (tertiary alicyclic amines) is 1. The molecule has 0 amide bonds. The molecule has 0 aromatic carbocycles. The van der Waals surface area contributed by atoms with Crippen LogP contribution < -0.4 is 0 Å². The first-order chi connectivity index (χ1) is 6.65. The highest BCUT2D eigenvalue weighted by Gasteiger charge is 2.30. The van der Waals surface area contributed by atoms with E-state index in [-0.39, 0.29) is 0 Å². The van der Waals surface area contributed by atoms with Gasteiger partial charge in [0.15, 0.2) is 0 Å². The van der Waals surface area contributed by atoms with Crippen molar-refractivity contribution in [3.8, 4) is 6.07 Å². The second kappa shape index (κ2) is 6.84. The molecule has 82 valence electrons. The second-order valence-electron chi connectivity index (χ2n) is 4.21. The number of hydrogen-bond acceptors (Lipinski definition) is 2. The SMILES string of the molecule is CC.CC(C)C1CC(CC#N)CN1C. The van der Waals surface area contributed by atoms with Crippen LogP contribution in [0.4, 0.5) is 0 Å². The lowest BCUT2D eigenvalue weighted by Gasteiger charge is -2.22. The number of rotatable bonds is 2. The van der Waals surface area contributed by atoms with Crippen LogP contribution in [0, 0.1) is 23.2 Å². The minimum absolute atomic E-state index is 0.618. The highest BCUT2D eigenvalue weighted by molar-refractivity contribution is 4.89. The summed E-state index contributed by atoms with van der Waals surface area (Å²) in [6.45, 7) is 9.63. The number of nitrogens with zero attached hydrogens (tertiary/aromatic N) is 2. The summed E-state index contributed by atoms with van der Waals surface area (Å²) in [5.74, 6) is 1.34. The van der Waals surface area contributed by atoms with Crippen molar-refractivity contribution in [3.63, 3.8) is 0 Å². The summed E-state index contributed by atoms with van der Waals surface area (Å²) in [6.07, 6.45) is 1.94. The van der Waals surface area contributed by atoms with Crippen LogP contribution in [-0.2, 0) is 0 Å². The van der Waals surface area contributed by atoms with Gasteiger partial charge in [0.2, 0.25) is 0 Å². The molecule has 2 unspecified atom stereocenters. The van der Waals surface area contributed by atoms with Crippen LogP contribution in [0.5, 0.6) is 0 Å². The topological polar surface area (TPSA) is 27.0 Å². The fourth-order valence-electron chi connectivity index (χ4n) is 2.20. The minimum atomic E-state index is 0.618. The Bertz CT molecular complexity index is 181. The first-order valence-corrected chi connectivity index (χ1v) is 5.72. The predicted octanol–water partition coefficient (Wildman–Crippen LogP) is 2.90. The van der Waals surface area contributed by atoms with Crippen LogP contribution >= 0.6 is 0 Å². The van der Waals surface area contributed by atoms with Crippen molar-refractivity contribution in [3.05, 3.63) is 0 Å². The summed E-state index contributed by atoms with van der Waals surface area (Å²) in [6, 6.07) is 2.96. The van der Waals surface area contributed by atoms with Gasteiger partial charge in [0.25, 0.3) is 0 Å². The molecule has 0 aromatic heterocycles. The number of nitriles is 1. The molecule has 1 fully saturated rings. The largest absolute Gasteiger partial charge is 0.303 e. The van der Waals surface area contributed by atoms with Crippen LogP contribution in [-0.4, -0.2) is 24.5 Å². The summed E-state index contributed by atoms with van der Waals surface area (Å²) in [5.41, 5.74) is 0. The lowest BCUT2D eigenvalue weighted by Crippen LogP contribution is -2.29. The molecule has 2 nitrogen and oxygen atoms in total. The quantitative estimate of drug-likeness (QED) is 0.679. The van der Waals surface area contributed by atoms with Gasteiger partial charge in [-0.1, -0.05) is 27.7 Å². The Kier molecular flexibility index (Phi) is 6.57. The van der Waals surface area contributed by atoms with Crippen molar-refractivity contribution in [1.29, 1.82) is 5.26 Å². The van der Waals surface area contributed by atoms with E-state index >= 15 is 0 Å². The summed E-state index contributed by atoms with van der Waals surface area (Å²) in [7, 11) is 2.17. The zero-order valence-corrected chi connectivity index (χ0v) is 10.2. The fraction of sp³-hybridized carbons (Fsp3) is 0.917. The maximum atomic E-state index is 8.57. The average Bonchev–Trinajstić information content (AvgIpc) is 2.51. The van der Waals surface area contributed by atoms with E-state index in [2.05, 4.69) is 31.9 Å². The fourth-order valence-corrected chi connectivity index (χ4v) is 2.20. The van der Waals surface area contributed by atoms with Crippen LogP contribution in [0.3, 0.4) is 0 Å². The lowest BCUT2D eigenvalue weighted by molar-refractivity contribution is 0.249. The Morgan fingerprint density at radius 3 is 2.36 bits per heavy atom. The smallest absolute Gasteiger partial charge is 0.0625 e. The van der Waals surface area contributed by atoms with Crippen molar-refractivity contribution in [2.24, 2.45) is 11.8 Å². The van der Waals surface area contributed by atoms with Gasteiger partial charge in [-0.25, -0.2) is 0 Å². The van der Waals surface area contributed by atoms with Crippen LogP contribution in [0.1, 0.15) is 40.5 Å². The van der Waals surface area contributed by atoms with Gasteiger partial charge in [-0.3, -0.25) is 0 Å². The first kappa shape index (κ1) is 13.4. The molecule has 14 heavy (non-hydrogen) atoms. The Morgan fingerprint density at radius 1 is 1.43 bits per heavy atom. The van der Waals surface area contributed by atoms with E-state index in [1.165, 1.54) is 6.42 Å². The summed E-state index contributed by atoms with van der Waals surface area (Å²) >= 11 is 0. The van der Waals surface area contributed by atoms with Crippen molar-refractivity contribution in [1.82, 2.24) is 4.90 Å². The molecule has 0 aromatic rings. The molecule has 0 aliphatic carbocycles. The van der Waals surface area contributed by atoms with Gasteiger partial charge in [0, 0.05) is 19.0 Å². The lowest BCUT2D eigenvalue weighted by atomic mass is 9.96. The van der Waals surface area contributed by atoms with E-state index in [0.29, 0.717) is 12.0 Å². The molecule has 0 saturated carbocycles. The first-order valence-electron chi connectivity index (χ1n) is 5.72. The third-order valence-corrected chi connectivity index (χ3v) is 2.84. The monoisotopic (exact) mass is 196 g/mol. The van der Waals surface area contributed by atoms with Gasteiger partial charge in [0.1, 0.15) is 0 Å². The third kappa shape index (κ3) is 3.67. The Hall–Kier alpha value is -0.550. The van der Waals surface area contributed by atoms with Crippen molar-refractivity contribution < 1.29 is 0 Å². The zero-order valence-electron chi connectivity index (χ0n) is 10.2. The normalized spacial score (nSPS) is 26.9. The second-order valence-corrected chi connectivity index (χ2v) is 4.21. The molecular formula is C12H24N2. The predicted molar refractivity (Wildman–Crippen MR) is 60.9 cm³/mol. The van der Waals surface area contributed by atoms with E-state index in [9.17, 15) is 0 Å². The molecule has 0 spiro atoms. The van der Waals surface area contributed by atoms with E-state index in [1.807, 2.05) is 13.8 Å². The van der Waals surface area contributed by atoms with Crippen molar-refractivity contribution in [2.75, 3.05) is 13.6 Å². The van der Waals surface area contributed by atoms with Crippen LogP contribution in [0.25, 0.3) is 0 Å². The molecule has 1 heterocycles. The van der Waals surface area contributed by atoms with Crippen molar-refractivity contribution >= 4 is 0 Å². The molecule has 0 N–H and O–H groups in total. The van der Waals surface area contributed by atoms with Crippen LogP contribution in [0.2, 0.25) is 0 Å². The molecule has 1 saturated heterocycles. The maximum absolute atomic E-state index is 8.57. The third-order valence-electron chi connectivity index (χ3n) is 2.84. The van der Waals surface area contributed by atoms with E-state index in [0.717, 1.165) is 18.9 Å². The van der Waals surface area contributed by atoms with Crippen LogP contribution in [0.15, 0.2) is 0 Å². The highest BCUT2D eigenvalue weighted by Crippen LogP contribution is 2.28. The molecule has 1 aliphatic rings. The summed E-state index contributed by atoms with van der Waals surface area (Å²) < 4.78 is 0. The van der Waals surface area contributed by atoms with Gasteiger partial charge in [0.05, 0.1) is 6.07 Å². The van der Waals surface area contributed by atoms with E-state index in [1.54, 1.807) is 0 Å². The molecule has 2 heteroatoms. The van der Waals surface area contributed by atoms with Gasteiger partial charge >= 0.3 is 0 Å². The minimum Gasteiger partial charge on any atom is -0.303 e. The molecule has 1 rings (SSSR count). The Balaban J connectivity index is 0.000000791. The molecule has 1 aliphatic heterocycles.